The third-order valence-electron chi connectivity index (χ3n) is 4.85. The largest absolute Gasteiger partial charge is 0.493 e. The predicted molar refractivity (Wildman–Crippen MR) is 94.9 cm³/mol. The summed E-state index contributed by atoms with van der Waals surface area (Å²) < 4.78 is 19.2. The van der Waals surface area contributed by atoms with Gasteiger partial charge in [0.1, 0.15) is 0 Å². The minimum Gasteiger partial charge on any atom is -0.493 e. The van der Waals surface area contributed by atoms with E-state index in [1.54, 1.807) is 14.2 Å². The van der Waals surface area contributed by atoms with E-state index in [4.69, 9.17) is 14.2 Å². The first-order valence-electron chi connectivity index (χ1n) is 8.77. The topological polar surface area (TPSA) is 32.6 Å². The number of benzene rings is 1. The fourth-order valence-corrected chi connectivity index (χ4v) is 3.55. The van der Waals surface area contributed by atoms with Crippen molar-refractivity contribution in [3.8, 4) is 11.5 Å². The molecule has 1 aliphatic carbocycles. The van der Waals surface area contributed by atoms with Gasteiger partial charge < -0.3 is 18.8 Å². The number of ether oxygens (including phenoxy) is 3. The van der Waals surface area contributed by atoms with Crippen molar-refractivity contribution in [2.24, 2.45) is 0 Å². The number of hydrogen-bond acceptors (Lipinski definition) is 3. The molecule has 0 radical (unpaired) electrons. The molecule has 0 unspecified atom stereocenters. The molecule has 2 atom stereocenters. The second-order valence-electron chi connectivity index (χ2n) is 6.33. The zero-order valence-corrected chi connectivity index (χ0v) is 14.6. The Balaban J connectivity index is 1.57. The molecule has 0 N–H and O–H groups in total. The molecule has 0 saturated heterocycles. The van der Waals surface area contributed by atoms with E-state index in [2.05, 4.69) is 35.2 Å². The lowest BCUT2D eigenvalue weighted by molar-refractivity contribution is -0.00431. The van der Waals surface area contributed by atoms with Crippen molar-refractivity contribution in [1.29, 1.82) is 0 Å². The lowest BCUT2D eigenvalue weighted by Crippen LogP contribution is -2.30. The average Bonchev–Trinajstić information content (AvgIpc) is 3.16. The maximum Gasteiger partial charge on any atom is 0.160 e. The Kier molecular flexibility index (Phi) is 5.81. The lowest BCUT2D eigenvalue weighted by atomic mass is 9.92. The molecule has 24 heavy (non-hydrogen) atoms. The van der Waals surface area contributed by atoms with E-state index in [1.165, 1.54) is 24.8 Å². The first-order chi connectivity index (χ1) is 11.8. The number of hydrogen-bond donors (Lipinski definition) is 0. The van der Waals surface area contributed by atoms with Gasteiger partial charge in [0.15, 0.2) is 11.5 Å². The highest BCUT2D eigenvalue weighted by atomic mass is 16.5. The van der Waals surface area contributed by atoms with E-state index in [0.29, 0.717) is 12.1 Å². The van der Waals surface area contributed by atoms with Crippen LogP contribution in [0.1, 0.15) is 37.3 Å². The minimum atomic E-state index is 0.311. The standard InChI is InChI=1S/C20H27NO3/c1-22-19-10-9-16(15-20(19)23-2)11-14-24-18-8-4-3-7-17(18)21-12-5-6-13-21/h5-6,9-10,12-13,15,17-18H,3-4,7-8,11,14H2,1-2H3/t17-,18-/m1/s1. The van der Waals surface area contributed by atoms with Gasteiger partial charge in [0.05, 0.1) is 33.0 Å². The Labute approximate surface area is 144 Å². The van der Waals surface area contributed by atoms with Crippen molar-refractivity contribution in [1.82, 2.24) is 4.57 Å². The van der Waals surface area contributed by atoms with Gasteiger partial charge in [-0.15, -0.1) is 0 Å². The number of nitrogens with zero attached hydrogens (tertiary/aromatic N) is 1. The SMILES string of the molecule is COc1ccc(CCO[C@@H]2CCCC[C@H]2n2cccc2)cc1OC. The summed E-state index contributed by atoms with van der Waals surface area (Å²) in [6, 6.07) is 10.7. The summed E-state index contributed by atoms with van der Waals surface area (Å²) in [5.74, 6) is 1.54. The van der Waals surface area contributed by atoms with Crippen LogP contribution >= 0.6 is 0 Å². The lowest BCUT2D eigenvalue weighted by Gasteiger charge is -2.32. The summed E-state index contributed by atoms with van der Waals surface area (Å²) in [7, 11) is 3.33. The van der Waals surface area contributed by atoms with Gasteiger partial charge in [0.2, 0.25) is 0 Å². The van der Waals surface area contributed by atoms with Crippen molar-refractivity contribution in [3.63, 3.8) is 0 Å². The normalized spacial score (nSPS) is 20.8. The van der Waals surface area contributed by atoms with E-state index < -0.39 is 0 Å². The van der Waals surface area contributed by atoms with Gasteiger partial charge in [-0.25, -0.2) is 0 Å². The molecule has 4 heteroatoms. The molecule has 0 amide bonds. The Morgan fingerprint density at radius 1 is 1.00 bits per heavy atom. The van der Waals surface area contributed by atoms with Gasteiger partial charge >= 0.3 is 0 Å². The number of aromatic nitrogens is 1. The van der Waals surface area contributed by atoms with E-state index in [9.17, 15) is 0 Å². The maximum atomic E-state index is 6.26. The molecule has 4 nitrogen and oxygen atoms in total. The van der Waals surface area contributed by atoms with E-state index in [-0.39, 0.29) is 0 Å². The van der Waals surface area contributed by atoms with Crippen molar-refractivity contribution in [2.75, 3.05) is 20.8 Å². The van der Waals surface area contributed by atoms with Crippen LogP contribution in [0.4, 0.5) is 0 Å². The van der Waals surface area contributed by atoms with Crippen LogP contribution in [-0.4, -0.2) is 31.5 Å². The predicted octanol–water partition coefficient (Wildman–Crippen LogP) is 4.25. The highest BCUT2D eigenvalue weighted by Crippen LogP contribution is 2.31. The molecule has 0 spiro atoms. The maximum absolute atomic E-state index is 6.26. The van der Waals surface area contributed by atoms with Crippen LogP contribution in [0.3, 0.4) is 0 Å². The fourth-order valence-electron chi connectivity index (χ4n) is 3.55. The van der Waals surface area contributed by atoms with Crippen molar-refractivity contribution < 1.29 is 14.2 Å². The van der Waals surface area contributed by atoms with Gasteiger partial charge in [-0.3, -0.25) is 0 Å². The second kappa shape index (κ2) is 8.25. The van der Waals surface area contributed by atoms with E-state index >= 15 is 0 Å². The summed E-state index contributed by atoms with van der Waals surface area (Å²) in [6.07, 6.45) is 10.4. The second-order valence-corrected chi connectivity index (χ2v) is 6.33. The van der Waals surface area contributed by atoms with Gasteiger partial charge in [-0.2, -0.15) is 0 Å². The summed E-state index contributed by atoms with van der Waals surface area (Å²) in [4.78, 5) is 0. The van der Waals surface area contributed by atoms with Gasteiger partial charge in [-0.05, 0) is 49.1 Å². The third kappa shape index (κ3) is 3.93. The van der Waals surface area contributed by atoms with Gasteiger partial charge in [0, 0.05) is 12.4 Å². The van der Waals surface area contributed by atoms with Crippen LogP contribution in [0.15, 0.2) is 42.7 Å². The summed E-state index contributed by atoms with van der Waals surface area (Å²) >= 11 is 0. The van der Waals surface area contributed by atoms with Gasteiger partial charge in [-0.1, -0.05) is 18.9 Å². The Morgan fingerprint density at radius 2 is 1.75 bits per heavy atom. The molecule has 1 fully saturated rings. The minimum absolute atomic E-state index is 0.311. The van der Waals surface area contributed by atoms with Crippen LogP contribution in [0, 0.1) is 0 Å². The molecule has 0 bridgehead atoms. The van der Waals surface area contributed by atoms with E-state index in [0.717, 1.165) is 30.9 Å². The quantitative estimate of drug-likeness (QED) is 0.761. The van der Waals surface area contributed by atoms with Crippen LogP contribution in [0.5, 0.6) is 11.5 Å². The summed E-state index contributed by atoms with van der Waals surface area (Å²) in [6.45, 7) is 0.734. The Hall–Kier alpha value is -1.94. The molecule has 1 aromatic carbocycles. The zero-order valence-electron chi connectivity index (χ0n) is 14.6. The first-order valence-corrected chi connectivity index (χ1v) is 8.77. The van der Waals surface area contributed by atoms with Crippen molar-refractivity contribution in [3.05, 3.63) is 48.3 Å². The molecular weight excluding hydrogens is 302 g/mol. The molecule has 1 aromatic heterocycles. The molecule has 2 aromatic rings. The summed E-state index contributed by atoms with van der Waals surface area (Å²) in [5.41, 5.74) is 1.21. The Morgan fingerprint density at radius 3 is 2.50 bits per heavy atom. The summed E-state index contributed by atoms with van der Waals surface area (Å²) in [5, 5.41) is 0. The molecule has 130 valence electrons. The molecular formula is C20H27NO3. The number of rotatable bonds is 7. The average molecular weight is 329 g/mol. The highest BCUT2D eigenvalue weighted by Gasteiger charge is 2.26. The molecule has 0 aliphatic heterocycles. The molecule has 1 saturated carbocycles. The van der Waals surface area contributed by atoms with Crippen molar-refractivity contribution >= 4 is 0 Å². The molecule has 1 aliphatic rings. The zero-order chi connectivity index (χ0) is 16.8. The number of methoxy groups -OCH3 is 2. The van der Waals surface area contributed by atoms with Crippen LogP contribution < -0.4 is 9.47 Å². The van der Waals surface area contributed by atoms with E-state index in [1.807, 2.05) is 12.1 Å². The first kappa shape index (κ1) is 16.9. The molecule has 3 rings (SSSR count). The monoisotopic (exact) mass is 329 g/mol. The molecule has 1 heterocycles. The van der Waals surface area contributed by atoms with Crippen LogP contribution in [-0.2, 0) is 11.2 Å². The Bertz CT molecular complexity index is 624. The van der Waals surface area contributed by atoms with Crippen molar-refractivity contribution in [2.45, 2.75) is 44.2 Å². The van der Waals surface area contributed by atoms with Crippen LogP contribution in [0.25, 0.3) is 0 Å². The third-order valence-corrected chi connectivity index (χ3v) is 4.85. The van der Waals surface area contributed by atoms with Gasteiger partial charge in [0.25, 0.3) is 0 Å². The fraction of sp³-hybridized carbons (Fsp3) is 0.500. The van der Waals surface area contributed by atoms with Crippen LogP contribution in [0.2, 0.25) is 0 Å². The smallest absolute Gasteiger partial charge is 0.160 e. The highest BCUT2D eigenvalue weighted by molar-refractivity contribution is 5.42.